The molecule has 1 aliphatic heterocycles. The van der Waals surface area contributed by atoms with E-state index in [-0.39, 0.29) is 27.7 Å². The van der Waals surface area contributed by atoms with Gasteiger partial charge in [-0.3, -0.25) is 4.79 Å². The quantitative estimate of drug-likeness (QED) is 0.278. The number of benzene rings is 3. The molecule has 0 bridgehead atoms. The number of hydrogen-bond acceptors (Lipinski definition) is 5. The number of aliphatic carboxylic acids is 1. The van der Waals surface area contributed by atoms with Gasteiger partial charge in [0, 0.05) is 36.6 Å². The van der Waals surface area contributed by atoms with Gasteiger partial charge in [-0.2, -0.15) is 13.2 Å². The molecule has 0 saturated carbocycles. The van der Waals surface area contributed by atoms with Crippen molar-refractivity contribution in [2.24, 2.45) is 5.92 Å². The van der Waals surface area contributed by atoms with E-state index in [2.05, 4.69) is 39.6 Å². The van der Waals surface area contributed by atoms with Crippen LogP contribution in [0.2, 0.25) is 10.0 Å². The Kier molecular flexibility index (Phi) is 11.8. The van der Waals surface area contributed by atoms with Crippen molar-refractivity contribution in [3.05, 3.63) is 100 Å². The smallest absolute Gasteiger partial charge is 0.475 e. The Labute approximate surface area is 251 Å². The molecule has 8 nitrogen and oxygen atoms in total. The van der Waals surface area contributed by atoms with Gasteiger partial charge in [-0.15, -0.1) is 0 Å². The van der Waals surface area contributed by atoms with Crippen LogP contribution in [0.3, 0.4) is 0 Å². The molecular weight excluding hydrogens is 618 g/mol. The van der Waals surface area contributed by atoms with E-state index in [1.54, 1.807) is 0 Å². The lowest BCUT2D eigenvalue weighted by Gasteiger charge is -2.30. The Balaban J connectivity index is 0.000000616. The van der Waals surface area contributed by atoms with Crippen LogP contribution < -0.4 is 15.4 Å². The Hall–Kier alpha value is -3.16. The molecule has 1 aliphatic rings. The maximum absolute atomic E-state index is 13.1. The number of carboxylic acids is 1. The first-order valence-electron chi connectivity index (χ1n) is 12.6. The van der Waals surface area contributed by atoms with Gasteiger partial charge in [0.15, 0.2) is 0 Å². The summed E-state index contributed by atoms with van der Waals surface area (Å²) >= 11 is 12.0. The Bertz CT molecular complexity index is 1420. The van der Waals surface area contributed by atoms with Crippen LogP contribution in [0.4, 0.5) is 13.2 Å². The van der Waals surface area contributed by atoms with Crippen molar-refractivity contribution in [3.63, 3.8) is 0 Å². The predicted octanol–water partition coefficient (Wildman–Crippen LogP) is 4.83. The van der Waals surface area contributed by atoms with Crippen LogP contribution in [0.1, 0.15) is 23.5 Å². The van der Waals surface area contributed by atoms with Gasteiger partial charge in [0.05, 0.1) is 10.9 Å². The fourth-order valence-corrected chi connectivity index (χ4v) is 6.37. The molecule has 0 aromatic heterocycles. The summed E-state index contributed by atoms with van der Waals surface area (Å²) in [6.45, 7) is 1.35. The number of carbonyl (C=O) groups excluding carboxylic acids is 1. The molecule has 226 valence electrons. The van der Waals surface area contributed by atoms with E-state index in [0.717, 1.165) is 11.1 Å². The van der Waals surface area contributed by atoms with Gasteiger partial charge in [-0.25, -0.2) is 17.9 Å². The van der Waals surface area contributed by atoms with Crippen molar-refractivity contribution < 1.29 is 36.3 Å². The predicted molar refractivity (Wildman–Crippen MR) is 153 cm³/mol. The molecule has 4 N–H and O–H groups in total. The lowest BCUT2D eigenvalue weighted by molar-refractivity contribution is -0.192. The number of carboxylic acid groups (broad SMARTS) is 1. The van der Waals surface area contributed by atoms with Crippen molar-refractivity contribution in [2.45, 2.75) is 29.5 Å². The molecule has 1 fully saturated rings. The van der Waals surface area contributed by atoms with E-state index in [4.69, 9.17) is 33.1 Å². The average Bonchev–Trinajstić information content (AvgIpc) is 2.94. The highest BCUT2D eigenvalue weighted by Crippen LogP contribution is 2.26. The molecule has 1 amide bonds. The summed E-state index contributed by atoms with van der Waals surface area (Å²) in [4.78, 5) is 21.9. The van der Waals surface area contributed by atoms with Crippen molar-refractivity contribution in [3.8, 4) is 0 Å². The lowest BCUT2D eigenvalue weighted by Crippen LogP contribution is -2.52. The monoisotopic (exact) mass is 645 g/mol. The standard InChI is InChI=1S/C26H27Cl2N3O3S.C2HF3O2/c27-21-11-12-25(24(28)14-21)35(33,34)31-22-13-20(15-29-16-22)26(32)30-17-23(18-7-3-1-4-8-18)19-9-5-2-6-10-19;3-2(4,5)1(6)7/h1-12,14,20,22-23,29,31H,13,15-17H2,(H,30,32);(H,6,7)/t20-,22+;/m0./s1. The van der Waals surface area contributed by atoms with Gasteiger partial charge >= 0.3 is 12.1 Å². The molecule has 0 aliphatic carbocycles. The maximum atomic E-state index is 13.1. The first-order valence-corrected chi connectivity index (χ1v) is 14.9. The van der Waals surface area contributed by atoms with Crippen LogP contribution >= 0.6 is 23.2 Å². The molecular formula is C28H28Cl2F3N3O5S. The molecule has 3 aromatic carbocycles. The third-order valence-electron chi connectivity index (χ3n) is 6.35. The summed E-state index contributed by atoms with van der Waals surface area (Å²) in [6, 6.07) is 23.9. The number of alkyl halides is 3. The number of carbonyl (C=O) groups is 2. The summed E-state index contributed by atoms with van der Waals surface area (Å²) in [6.07, 6.45) is -4.70. The third kappa shape index (κ3) is 9.70. The average molecular weight is 647 g/mol. The summed E-state index contributed by atoms with van der Waals surface area (Å²) in [5.41, 5.74) is 2.23. The van der Waals surface area contributed by atoms with Crippen LogP contribution in [0, 0.1) is 5.92 Å². The van der Waals surface area contributed by atoms with Crippen LogP contribution in [0.5, 0.6) is 0 Å². The Morgan fingerprint density at radius 3 is 2.00 bits per heavy atom. The lowest BCUT2D eigenvalue weighted by atomic mass is 9.90. The van der Waals surface area contributed by atoms with Crippen molar-refractivity contribution in [2.75, 3.05) is 19.6 Å². The fraction of sp³-hybridized carbons (Fsp3) is 0.286. The van der Waals surface area contributed by atoms with E-state index in [0.29, 0.717) is 31.1 Å². The van der Waals surface area contributed by atoms with Crippen LogP contribution in [-0.2, 0) is 19.6 Å². The molecule has 3 aromatic rings. The SMILES string of the molecule is O=C(NCC(c1ccccc1)c1ccccc1)[C@@H]1CNC[C@H](NS(=O)(=O)c2ccc(Cl)cc2Cl)C1.O=C(O)C(F)(F)F. The fourth-order valence-electron chi connectivity index (χ4n) is 4.35. The van der Waals surface area contributed by atoms with Gasteiger partial charge in [0.2, 0.25) is 15.9 Å². The van der Waals surface area contributed by atoms with Crippen LogP contribution in [0.25, 0.3) is 0 Å². The molecule has 1 heterocycles. The molecule has 14 heteroatoms. The largest absolute Gasteiger partial charge is 0.490 e. The number of piperidine rings is 1. The minimum atomic E-state index is -5.08. The highest BCUT2D eigenvalue weighted by molar-refractivity contribution is 7.89. The minimum Gasteiger partial charge on any atom is -0.475 e. The third-order valence-corrected chi connectivity index (χ3v) is 8.59. The summed E-state index contributed by atoms with van der Waals surface area (Å²) in [7, 11) is -3.87. The van der Waals surface area contributed by atoms with E-state index in [1.165, 1.54) is 18.2 Å². The second kappa shape index (κ2) is 14.8. The van der Waals surface area contributed by atoms with Crippen LogP contribution in [0.15, 0.2) is 83.8 Å². The summed E-state index contributed by atoms with van der Waals surface area (Å²) < 4.78 is 60.2. The topological polar surface area (TPSA) is 125 Å². The molecule has 0 spiro atoms. The first-order chi connectivity index (χ1) is 19.8. The highest BCUT2D eigenvalue weighted by atomic mass is 35.5. The molecule has 4 rings (SSSR count). The zero-order valence-corrected chi connectivity index (χ0v) is 24.3. The van der Waals surface area contributed by atoms with E-state index in [1.807, 2.05) is 36.4 Å². The Morgan fingerprint density at radius 2 is 1.50 bits per heavy atom. The molecule has 0 radical (unpaired) electrons. The van der Waals surface area contributed by atoms with E-state index in [9.17, 15) is 26.4 Å². The second-order valence-corrected chi connectivity index (χ2v) is 11.9. The summed E-state index contributed by atoms with van der Waals surface area (Å²) in [5.74, 6) is -3.22. The van der Waals surface area contributed by atoms with Gasteiger partial charge in [-0.05, 0) is 35.7 Å². The van der Waals surface area contributed by atoms with E-state index >= 15 is 0 Å². The van der Waals surface area contributed by atoms with Gasteiger partial charge in [0.25, 0.3) is 0 Å². The zero-order chi connectivity index (χ0) is 30.9. The number of hydrogen-bond donors (Lipinski definition) is 4. The first kappa shape index (κ1) is 33.3. The maximum Gasteiger partial charge on any atom is 0.490 e. The van der Waals surface area contributed by atoms with Gasteiger partial charge in [-0.1, -0.05) is 83.9 Å². The van der Waals surface area contributed by atoms with Gasteiger partial charge < -0.3 is 15.7 Å². The number of halogens is 5. The van der Waals surface area contributed by atoms with Gasteiger partial charge in [0.1, 0.15) is 4.90 Å². The van der Waals surface area contributed by atoms with Crippen LogP contribution in [-0.4, -0.2) is 57.3 Å². The molecule has 0 unspecified atom stereocenters. The number of sulfonamides is 1. The zero-order valence-electron chi connectivity index (χ0n) is 21.9. The number of amides is 1. The van der Waals surface area contributed by atoms with Crippen molar-refractivity contribution >= 4 is 45.1 Å². The molecule has 1 saturated heterocycles. The number of rotatable bonds is 8. The second-order valence-electron chi connectivity index (χ2n) is 9.41. The summed E-state index contributed by atoms with van der Waals surface area (Å²) in [5, 5.41) is 13.8. The van der Waals surface area contributed by atoms with Crippen molar-refractivity contribution in [1.29, 1.82) is 0 Å². The Morgan fingerprint density at radius 1 is 0.952 bits per heavy atom. The molecule has 2 atom stereocenters. The van der Waals surface area contributed by atoms with E-state index < -0.39 is 28.2 Å². The normalized spacial score (nSPS) is 17.2. The minimum absolute atomic E-state index is 0.0132. The van der Waals surface area contributed by atoms with Crippen molar-refractivity contribution in [1.82, 2.24) is 15.4 Å². The number of nitrogens with one attached hydrogen (secondary N) is 3. The molecule has 42 heavy (non-hydrogen) atoms. The highest BCUT2D eigenvalue weighted by Gasteiger charge is 2.38.